The van der Waals surface area contributed by atoms with Crippen LogP contribution in [0.2, 0.25) is 0 Å². The van der Waals surface area contributed by atoms with Gasteiger partial charge in [-0.15, -0.1) is 0 Å². The maximum atomic E-state index is 13.2. The normalized spacial score (nSPS) is 39.7. The Morgan fingerprint density at radius 2 is 0.981 bits per heavy atom. The van der Waals surface area contributed by atoms with Crippen LogP contribution in [0, 0.1) is 61.1 Å². The Morgan fingerprint density at radius 3 is 1.37 bits per heavy atom. The van der Waals surface area contributed by atoms with Crippen molar-refractivity contribution in [3.63, 3.8) is 0 Å². The number of aliphatic hydroxyl groups is 4. The molecule has 0 amide bonds. The number of alkyl halides is 3. The Balaban J connectivity index is 0.000000744. The first-order valence-electron chi connectivity index (χ1n) is 45.2. The molecular formula is C75H138Br3N3O20P4. The van der Waals surface area contributed by atoms with Gasteiger partial charge in [-0.05, 0) is 183 Å². The van der Waals surface area contributed by atoms with E-state index in [0.29, 0.717) is 100 Å². The van der Waals surface area contributed by atoms with E-state index in [2.05, 4.69) is 124 Å². The molecule has 0 bridgehead atoms. The van der Waals surface area contributed by atoms with E-state index in [1.807, 2.05) is 0 Å². The van der Waals surface area contributed by atoms with Crippen LogP contribution in [0.1, 0.15) is 174 Å². The van der Waals surface area contributed by atoms with Crippen LogP contribution in [0.3, 0.4) is 0 Å². The minimum Gasteiger partial charge on any atom is -0.400 e. The summed E-state index contributed by atoms with van der Waals surface area (Å²) in [6.45, 7) is 34.4. The van der Waals surface area contributed by atoms with Gasteiger partial charge in [0.25, 0.3) is 0 Å². The summed E-state index contributed by atoms with van der Waals surface area (Å²) >= 11 is 10.4. The van der Waals surface area contributed by atoms with Crippen molar-refractivity contribution in [3.8, 4) is 0 Å². The molecule has 30 heteroatoms. The number of ether oxygens (including phenoxy) is 8. The highest BCUT2D eigenvalue weighted by Gasteiger charge is 2.44. The van der Waals surface area contributed by atoms with Crippen LogP contribution >= 0.6 is 80.3 Å². The van der Waals surface area contributed by atoms with Crippen molar-refractivity contribution >= 4 is 80.3 Å². The van der Waals surface area contributed by atoms with Gasteiger partial charge in [-0.3, -0.25) is 4.57 Å². The van der Waals surface area contributed by atoms with Gasteiger partial charge in [0.1, 0.15) is 19.8 Å². The van der Waals surface area contributed by atoms with Crippen molar-refractivity contribution in [2.24, 2.45) is 41.4 Å². The van der Waals surface area contributed by atoms with E-state index < -0.39 is 103 Å². The van der Waals surface area contributed by atoms with Crippen molar-refractivity contribution in [2.45, 2.75) is 231 Å². The maximum Gasteiger partial charge on any atom is 0.238 e. The molecule has 31 atom stereocenters. The van der Waals surface area contributed by atoms with Crippen LogP contribution in [0.25, 0.3) is 14.5 Å². The molecule has 3 unspecified atom stereocenters. The highest BCUT2D eigenvalue weighted by Crippen LogP contribution is 2.57. The summed E-state index contributed by atoms with van der Waals surface area (Å²) in [6.07, 6.45) is 12.2. The average Bonchev–Trinajstić information content (AvgIpc) is 1.62. The van der Waals surface area contributed by atoms with Crippen molar-refractivity contribution in [1.29, 1.82) is 5.72 Å². The van der Waals surface area contributed by atoms with Crippen molar-refractivity contribution in [1.82, 2.24) is 0 Å². The summed E-state index contributed by atoms with van der Waals surface area (Å²) in [5.41, 5.74) is 1.15. The average molecular weight is 1790 g/mol. The van der Waals surface area contributed by atoms with Crippen LogP contribution in [-0.4, -0.2) is 261 Å². The Bertz CT molecular complexity index is 2750. The quantitative estimate of drug-likeness (QED) is 0.0151. The Kier molecular flexibility index (Phi) is 47.7. The summed E-state index contributed by atoms with van der Waals surface area (Å²) in [5, 5.41) is 16.8. The summed E-state index contributed by atoms with van der Waals surface area (Å²) in [6, 6.07) is 0. The lowest BCUT2D eigenvalue weighted by molar-refractivity contribution is 0.0420. The van der Waals surface area contributed by atoms with E-state index in [1.54, 1.807) is 5.82 Å². The number of halogens is 3. The zero-order chi connectivity index (χ0) is 91.0. The summed E-state index contributed by atoms with van der Waals surface area (Å²) in [7, 11) is -1.45. The molecule has 4 N–H and O–H groups in total. The topological polar surface area (TPSA) is 250 Å². The zero-order valence-corrected chi connectivity index (χ0v) is 71.7. The van der Waals surface area contributed by atoms with Crippen LogP contribution in [0.5, 0.6) is 0 Å². The fourth-order valence-corrected chi connectivity index (χ4v) is 20.8. The summed E-state index contributed by atoms with van der Waals surface area (Å²) < 4.78 is 214. The number of aliphatic hydroxyl groups excluding tert-OH is 4. The van der Waals surface area contributed by atoms with Gasteiger partial charge in [-0.2, -0.15) is 0 Å². The predicted molar refractivity (Wildman–Crippen MR) is 434 cm³/mol. The van der Waals surface area contributed by atoms with E-state index in [1.165, 1.54) is 28.4 Å². The molecule has 9 heterocycles. The fraction of sp³-hybridized carbons (Fsp3) is 0.907. The maximum absolute atomic E-state index is 13.2. The van der Waals surface area contributed by atoms with E-state index in [-0.39, 0.29) is 114 Å². The molecule has 0 aliphatic carbocycles. The molecule has 0 aromatic rings. The van der Waals surface area contributed by atoms with E-state index in [0.717, 1.165) is 98.6 Å². The van der Waals surface area contributed by atoms with Gasteiger partial charge in [0.05, 0.1) is 84.2 Å². The van der Waals surface area contributed by atoms with E-state index >= 15 is 0 Å². The zero-order valence-electron chi connectivity index (χ0n) is 79.3. The molecule has 9 fully saturated rings. The molecule has 23 nitrogen and oxygen atoms in total. The second kappa shape index (κ2) is 64.4. The van der Waals surface area contributed by atoms with Gasteiger partial charge in [-0.25, -0.2) is 19.7 Å². The second-order valence-corrected chi connectivity index (χ2v) is 35.1. The molecule has 0 radical (unpaired) electrons. The molecule has 9 aliphatic heterocycles. The molecule has 105 heavy (non-hydrogen) atoms. The monoisotopic (exact) mass is 1790 g/mol. The van der Waals surface area contributed by atoms with E-state index in [4.69, 9.17) is 111 Å². The minimum atomic E-state index is -2.78. The first-order valence-corrected chi connectivity index (χ1v) is 45.4. The predicted octanol–water partition coefficient (Wildman–Crippen LogP) is 16.7. The number of hydrogen-bond donors (Lipinski definition) is 4. The highest BCUT2D eigenvalue weighted by molar-refractivity contribution is 9.09. The Labute approximate surface area is 686 Å². The molecule has 0 aromatic carbocycles. The molecule has 0 saturated carbocycles. The summed E-state index contributed by atoms with van der Waals surface area (Å²) in [5.74, 6) is 3.59. The molecule has 0 aromatic heterocycles. The highest BCUT2D eigenvalue weighted by atomic mass is 79.9. The van der Waals surface area contributed by atoms with Gasteiger partial charge in [0.15, 0.2) is 25.1 Å². The Morgan fingerprint density at radius 1 is 0.581 bits per heavy atom. The lowest BCUT2D eigenvalue weighted by Crippen LogP contribution is -2.32. The summed E-state index contributed by atoms with van der Waals surface area (Å²) in [4.78, 5) is 9.88. The first kappa shape index (κ1) is 77.7. The number of nitrogens with zero attached hydrogens (tertiary/aromatic N) is 3. The smallest absolute Gasteiger partial charge is 0.238 e. The van der Waals surface area contributed by atoms with Crippen molar-refractivity contribution < 1.29 is 111 Å². The molecular weight excluding hydrogens is 1630 g/mol. The third kappa shape index (κ3) is 41.3. The molecule has 9 saturated heterocycles. The second-order valence-electron chi connectivity index (χ2n) is 25.7. The molecule has 0 spiro atoms. The third-order valence-electron chi connectivity index (χ3n) is 17.8. The molecule has 9 rings (SSSR count). The van der Waals surface area contributed by atoms with Gasteiger partial charge >= 0.3 is 0 Å². The lowest BCUT2D eigenvalue weighted by Gasteiger charge is -2.35. The van der Waals surface area contributed by atoms with Crippen LogP contribution in [0.4, 0.5) is 0 Å². The van der Waals surface area contributed by atoms with Crippen LogP contribution < -0.4 is 0 Å². The number of rotatable bonds is 35. The standard InChI is InChI=1S/2C18H31BrNO4P.C15H27O4P.C10H17BrO.C10H16NO3P.4CH4O/c2*1-14-6-10-22-18(14)16(5-4-8-19)13-25(23-12-9-20-3)24-17-7-11-21-15(17)2;1-11-5-7-18-15(11)13-4-3-9-20(16,10-13)19-14-6-8-17-12(14)2;1-8(4-3-6-11)10-9(2)5-7-12-10;1-4-15(13-8-6-11-3)14-10-5-7-12-9(10)2;4*1-2/h2*14-18H,4-13H2,1-2H3;11-15H,3-10H2,1-2H3;9-10H,1,3-7H2,2H3;4,9-10H,1,5-8H2,2H3;4*2H,1H3/t14-,15+,16+,17-,18-,25?;14-,15+,16-,17-,18-,25?;11-,12+,13-,14-,15-,20+;9-,10+;9-,10+,15?;;;;/m00001..../s1/i2*2D,10T,11T;2D,7T,8T;7T;2D,7T;4*2T/t10-,11-,14+,15-,16-,17+,18+,25?;10-,11-,14+,15-,16+,17+,18+,25?;7-,8-,11+,12-,13+,14+,15+,20-;7-,9+,10-;7-,9-,10+,15?;;;;/m11111..... The van der Waals surface area contributed by atoms with Gasteiger partial charge in [0, 0.05) is 127 Å². The molecule has 9 aliphatic rings. The van der Waals surface area contributed by atoms with Gasteiger partial charge < -0.3 is 105 Å². The largest absolute Gasteiger partial charge is 0.400 e. The lowest BCUT2D eigenvalue weighted by atomic mass is 9.90. The van der Waals surface area contributed by atoms with Crippen LogP contribution in [0.15, 0.2) is 24.5 Å². The first-order chi connectivity index (χ1) is 57.9. The van der Waals surface area contributed by atoms with Gasteiger partial charge in [0.2, 0.25) is 32.7 Å². The third-order valence-corrected chi connectivity index (χ3v) is 26.9. The van der Waals surface area contributed by atoms with Gasteiger partial charge in [-0.1, -0.05) is 88.6 Å². The number of hydrogen-bond acceptors (Lipinski definition) is 20. The van der Waals surface area contributed by atoms with Crippen molar-refractivity contribution in [3.05, 3.63) is 58.8 Å². The minimum absolute atomic E-state index is 0.00505. The SMILES string of the molecule is [2H]C[C@H]1O[C@H]([3H])C[C@@H]1OP(C=C)OCC[N+]#[C-].[2H]C[C@H]1O[C@H]([3H])C[C@@H]1OP(C[C@@H](CCCBr)[C@H]1O[C@H]([3H])C[C@@H]1C)OCC[N+]#[C-].[2H]C[C@H]1O[C@H]([3H])C[C@@H]1OP(C[C@H](CCCBr)[C@H]1O[C@H]([3H])C[C@@H]1C)OCC[N+]#[C-].[2H]C[C@H]1O[C@H]([3H])C[C@@H]1O[P@]1(=O)CCC[C@H]([C@H]2O[C@H]([3H])C[C@@H]2C)C1.[3H]OC.[3H]OC.[3H]OC.[3H]OC.[3H][C@@H]1C[C@H](C)[C@@H](C(=C)CCCBr)O1. The van der Waals surface area contributed by atoms with E-state index in [9.17, 15) is 4.57 Å². The Hall–Kier alpha value is 0.150. The fourth-order valence-electron chi connectivity index (χ4n) is 12.4. The van der Waals surface area contributed by atoms with Crippen LogP contribution in [-0.2, 0) is 74.1 Å². The van der Waals surface area contributed by atoms with Crippen molar-refractivity contribution in [2.75, 3.05) is 161 Å². The molecule has 614 valence electrons.